The molecule has 142 valence electrons. The molecule has 0 saturated heterocycles. The Morgan fingerprint density at radius 1 is 1.11 bits per heavy atom. The van der Waals surface area contributed by atoms with Crippen LogP contribution >= 0.6 is 46.4 Å². The van der Waals surface area contributed by atoms with Gasteiger partial charge in [0, 0.05) is 16.1 Å². The number of ether oxygens (including phenoxy) is 1. The van der Waals surface area contributed by atoms with Gasteiger partial charge >= 0.3 is 5.97 Å². The summed E-state index contributed by atoms with van der Waals surface area (Å²) >= 11 is 24.3. The first kappa shape index (κ1) is 20.5. The van der Waals surface area contributed by atoms with Crippen LogP contribution in [-0.2, 0) is 16.1 Å². The highest BCUT2D eigenvalue weighted by Gasteiger charge is 2.61. The van der Waals surface area contributed by atoms with Crippen LogP contribution in [0.3, 0.4) is 0 Å². The number of rotatable bonds is 5. The molecule has 1 aliphatic rings. The Morgan fingerprint density at radius 3 is 2.41 bits per heavy atom. The van der Waals surface area contributed by atoms with Crippen molar-refractivity contribution < 1.29 is 9.53 Å². The molecule has 0 amide bonds. The lowest BCUT2D eigenvalue weighted by atomic mass is 10.0. The molecule has 2 aromatic carbocycles. The van der Waals surface area contributed by atoms with Crippen LogP contribution in [0.2, 0.25) is 10.0 Å². The van der Waals surface area contributed by atoms with Gasteiger partial charge in [-0.15, -0.1) is 0 Å². The lowest BCUT2D eigenvalue weighted by Crippen LogP contribution is -2.11. The summed E-state index contributed by atoms with van der Waals surface area (Å²) in [5.74, 6) is -0.649. The van der Waals surface area contributed by atoms with E-state index in [1.807, 2.05) is 50.2 Å². The third-order valence-electron chi connectivity index (χ3n) is 5.10. The van der Waals surface area contributed by atoms with Gasteiger partial charge < -0.3 is 4.74 Å². The molecule has 0 radical (unpaired) electrons. The van der Waals surface area contributed by atoms with Crippen LogP contribution in [0.15, 0.2) is 53.0 Å². The maximum Gasteiger partial charge on any atom is 0.310 e. The van der Waals surface area contributed by atoms with Crippen LogP contribution < -0.4 is 0 Å². The van der Waals surface area contributed by atoms with Crippen molar-refractivity contribution in [2.75, 3.05) is 0 Å². The SMILES string of the molecule is CC1(C)C(C=C(Cl)Cl)C1C(=O)OCc1c(Cl)ccc(-c2ccccc2)c1Cl. The van der Waals surface area contributed by atoms with Crippen LogP contribution in [0.25, 0.3) is 11.1 Å². The standard InChI is InChI=1S/C21H18Cl4O2/c1-21(2)15(10-17(23)24)18(21)20(26)27-11-14-16(22)9-8-13(19(14)25)12-6-4-3-5-7-12/h3-10,15,18H,11H2,1-2H3. The summed E-state index contributed by atoms with van der Waals surface area (Å²) < 4.78 is 5.69. The molecular weight excluding hydrogens is 426 g/mol. The molecule has 6 heteroatoms. The lowest BCUT2D eigenvalue weighted by Gasteiger charge is -2.13. The van der Waals surface area contributed by atoms with E-state index in [1.54, 1.807) is 12.1 Å². The first-order valence-electron chi connectivity index (χ1n) is 8.45. The Labute approximate surface area is 179 Å². The molecule has 0 N–H and O–H groups in total. The van der Waals surface area contributed by atoms with Gasteiger partial charge in [0.05, 0.1) is 10.9 Å². The van der Waals surface area contributed by atoms with Crippen molar-refractivity contribution in [3.63, 3.8) is 0 Å². The molecule has 2 unspecified atom stereocenters. The highest BCUT2D eigenvalue weighted by molar-refractivity contribution is 6.55. The molecular formula is C21H18Cl4O2. The molecule has 1 saturated carbocycles. The first-order valence-corrected chi connectivity index (χ1v) is 9.96. The Bertz CT molecular complexity index is 887. The van der Waals surface area contributed by atoms with Crippen molar-refractivity contribution in [1.82, 2.24) is 0 Å². The lowest BCUT2D eigenvalue weighted by molar-refractivity contribution is -0.147. The maximum atomic E-state index is 12.5. The van der Waals surface area contributed by atoms with Gasteiger partial charge in [-0.25, -0.2) is 0 Å². The van der Waals surface area contributed by atoms with Gasteiger partial charge in [-0.1, -0.05) is 96.6 Å². The van der Waals surface area contributed by atoms with Gasteiger partial charge in [-0.3, -0.25) is 4.79 Å². The van der Waals surface area contributed by atoms with E-state index in [-0.39, 0.29) is 34.3 Å². The van der Waals surface area contributed by atoms with Crippen LogP contribution in [0.5, 0.6) is 0 Å². The van der Waals surface area contributed by atoms with Crippen molar-refractivity contribution in [3.05, 3.63) is 68.6 Å². The molecule has 27 heavy (non-hydrogen) atoms. The molecule has 3 rings (SSSR count). The van der Waals surface area contributed by atoms with E-state index in [2.05, 4.69) is 0 Å². The Morgan fingerprint density at radius 2 is 1.78 bits per heavy atom. The monoisotopic (exact) mass is 442 g/mol. The normalized spacial score (nSPS) is 20.1. The van der Waals surface area contributed by atoms with Crippen molar-refractivity contribution in [1.29, 1.82) is 0 Å². The Balaban J connectivity index is 1.77. The average molecular weight is 444 g/mol. The second kappa shape index (κ2) is 8.05. The zero-order chi connectivity index (χ0) is 19.8. The fraction of sp³-hybridized carbons (Fsp3) is 0.286. The molecule has 0 heterocycles. The van der Waals surface area contributed by atoms with E-state index < -0.39 is 0 Å². The zero-order valence-electron chi connectivity index (χ0n) is 14.8. The minimum Gasteiger partial charge on any atom is -0.460 e. The van der Waals surface area contributed by atoms with Crippen LogP contribution in [0, 0.1) is 17.3 Å². The van der Waals surface area contributed by atoms with Crippen LogP contribution in [0.1, 0.15) is 19.4 Å². The number of carbonyl (C=O) groups is 1. The maximum absolute atomic E-state index is 12.5. The third-order valence-corrected chi connectivity index (χ3v) is 6.14. The minimum atomic E-state index is -0.312. The average Bonchev–Trinajstić information content (AvgIpc) is 3.14. The van der Waals surface area contributed by atoms with Crippen molar-refractivity contribution in [2.24, 2.45) is 17.3 Å². The van der Waals surface area contributed by atoms with E-state index >= 15 is 0 Å². The number of benzene rings is 2. The molecule has 0 aliphatic heterocycles. The Kier molecular flexibility index (Phi) is 6.12. The van der Waals surface area contributed by atoms with E-state index in [1.165, 1.54) is 0 Å². The van der Waals surface area contributed by atoms with Crippen molar-refractivity contribution in [2.45, 2.75) is 20.5 Å². The van der Waals surface area contributed by atoms with Gasteiger partial charge in [0.2, 0.25) is 0 Å². The fourth-order valence-electron chi connectivity index (χ4n) is 3.38. The van der Waals surface area contributed by atoms with E-state index in [4.69, 9.17) is 51.1 Å². The predicted octanol–water partition coefficient (Wildman–Crippen LogP) is 7.29. The van der Waals surface area contributed by atoms with E-state index in [0.717, 1.165) is 11.1 Å². The molecule has 0 bridgehead atoms. The number of halogens is 4. The van der Waals surface area contributed by atoms with Gasteiger partial charge in [-0.2, -0.15) is 0 Å². The highest BCUT2D eigenvalue weighted by atomic mass is 35.5. The zero-order valence-corrected chi connectivity index (χ0v) is 17.8. The summed E-state index contributed by atoms with van der Waals surface area (Å²) in [6.07, 6.45) is 1.69. The molecule has 2 aromatic rings. The van der Waals surface area contributed by atoms with Gasteiger partial charge in [0.25, 0.3) is 0 Å². The summed E-state index contributed by atoms with van der Waals surface area (Å²) in [6.45, 7) is 3.97. The summed E-state index contributed by atoms with van der Waals surface area (Å²) in [6, 6.07) is 13.4. The highest BCUT2D eigenvalue weighted by Crippen LogP contribution is 2.60. The van der Waals surface area contributed by atoms with E-state index in [9.17, 15) is 4.79 Å². The largest absolute Gasteiger partial charge is 0.460 e. The smallest absolute Gasteiger partial charge is 0.310 e. The summed E-state index contributed by atoms with van der Waals surface area (Å²) in [7, 11) is 0. The van der Waals surface area contributed by atoms with Crippen LogP contribution in [0.4, 0.5) is 0 Å². The summed E-state index contributed by atoms with van der Waals surface area (Å²) in [5, 5.41) is 0.944. The summed E-state index contributed by atoms with van der Waals surface area (Å²) in [5.41, 5.74) is 2.16. The number of hydrogen-bond acceptors (Lipinski definition) is 2. The molecule has 2 atom stereocenters. The topological polar surface area (TPSA) is 26.3 Å². The number of carbonyl (C=O) groups excluding carboxylic acids is 1. The van der Waals surface area contributed by atoms with Gasteiger partial charge in [0.15, 0.2) is 0 Å². The molecule has 2 nitrogen and oxygen atoms in total. The van der Waals surface area contributed by atoms with E-state index in [0.29, 0.717) is 15.6 Å². The van der Waals surface area contributed by atoms with Crippen LogP contribution in [-0.4, -0.2) is 5.97 Å². The van der Waals surface area contributed by atoms with Crippen molar-refractivity contribution >= 4 is 52.4 Å². The predicted molar refractivity (Wildman–Crippen MR) is 112 cm³/mol. The van der Waals surface area contributed by atoms with Gasteiger partial charge in [-0.05, 0) is 29.0 Å². The number of hydrogen-bond donors (Lipinski definition) is 0. The Hall–Kier alpha value is -1.19. The minimum absolute atomic E-state index is 0.00873. The first-order chi connectivity index (χ1) is 12.7. The fourth-order valence-corrected chi connectivity index (χ4v) is 4.24. The number of esters is 1. The molecule has 0 aromatic heterocycles. The number of allylic oxidation sites excluding steroid dienone is 1. The second-order valence-electron chi connectivity index (χ2n) is 7.14. The second-order valence-corrected chi connectivity index (χ2v) is 8.94. The third kappa shape index (κ3) is 4.30. The summed E-state index contributed by atoms with van der Waals surface area (Å²) in [4.78, 5) is 12.5. The quantitative estimate of drug-likeness (QED) is 0.453. The molecule has 1 aliphatic carbocycles. The molecule has 0 spiro atoms. The van der Waals surface area contributed by atoms with Gasteiger partial charge in [0.1, 0.15) is 11.1 Å². The van der Waals surface area contributed by atoms with Crippen molar-refractivity contribution in [3.8, 4) is 11.1 Å². The molecule has 1 fully saturated rings.